The maximum Gasteiger partial charge on any atom is 0.244 e. The molecule has 4 rings (SSSR count). The van der Waals surface area contributed by atoms with Gasteiger partial charge in [-0.1, -0.05) is 69.5 Å². The lowest BCUT2D eigenvalue weighted by atomic mass is 9.95. The van der Waals surface area contributed by atoms with Gasteiger partial charge < -0.3 is 10.7 Å². The van der Waals surface area contributed by atoms with Gasteiger partial charge in [0.25, 0.3) is 0 Å². The Hall–Kier alpha value is -2.67. The van der Waals surface area contributed by atoms with Gasteiger partial charge in [0.1, 0.15) is 5.82 Å². The number of benzene rings is 3. The summed E-state index contributed by atoms with van der Waals surface area (Å²) in [5.41, 5.74) is 6.40. The van der Waals surface area contributed by atoms with E-state index in [2.05, 4.69) is 31.8 Å². The third-order valence-electron chi connectivity index (χ3n) is 5.24. The third kappa shape index (κ3) is 6.02. The molecule has 0 aliphatic carbocycles. The summed E-state index contributed by atoms with van der Waals surface area (Å²) < 4.78 is 14.1. The lowest BCUT2D eigenvalue weighted by molar-refractivity contribution is -0.116. The highest BCUT2D eigenvalue weighted by Gasteiger charge is 2.29. The van der Waals surface area contributed by atoms with Crippen molar-refractivity contribution in [3.8, 4) is 0 Å². The molecule has 1 heterocycles. The molecule has 2 N–H and O–H groups in total. The molecule has 168 valence electrons. The number of nitrogens with one attached hydrogen (secondary N) is 2. The minimum atomic E-state index is -0.548. The first-order valence-electron chi connectivity index (χ1n) is 10.2. The maximum absolute atomic E-state index is 13.1. The lowest BCUT2D eigenvalue weighted by Crippen LogP contribution is -2.32. The van der Waals surface area contributed by atoms with Gasteiger partial charge >= 0.3 is 0 Å². The normalized spacial score (nSPS) is 16.4. The Kier molecular flexibility index (Phi) is 7.48. The van der Waals surface area contributed by atoms with Gasteiger partial charge in [0.2, 0.25) is 5.91 Å². The van der Waals surface area contributed by atoms with Crippen molar-refractivity contribution in [1.82, 2.24) is 10.7 Å². The number of hydrogen-bond acceptors (Lipinski definition) is 3. The first kappa shape index (κ1) is 23.5. The highest BCUT2D eigenvalue weighted by atomic mass is 79.9. The minimum absolute atomic E-state index is 0.0201. The summed E-state index contributed by atoms with van der Waals surface area (Å²) >= 11 is 16.0. The summed E-state index contributed by atoms with van der Waals surface area (Å²) in [5.74, 6) is -0.661. The number of halogens is 4. The Morgan fingerprint density at radius 2 is 1.85 bits per heavy atom. The quantitative estimate of drug-likeness (QED) is 0.332. The van der Waals surface area contributed by atoms with Gasteiger partial charge in [-0.3, -0.25) is 4.79 Å². The van der Waals surface area contributed by atoms with Crippen LogP contribution in [0.2, 0.25) is 10.0 Å². The second kappa shape index (κ2) is 10.5. The molecule has 2 atom stereocenters. The van der Waals surface area contributed by atoms with Crippen molar-refractivity contribution < 1.29 is 9.18 Å². The standard InChI is InChI=1S/C25H19BrCl2FN3O/c26-17-6-4-16(5-7-17)22-14-23(32-31-22)25(20-11-8-18(27)13-21(20)28)30-24(33)12-3-15-1-9-19(29)10-2-15/h1-13,22,25,31H,14H2,(H,30,33). The average Bonchev–Trinajstić information content (AvgIpc) is 3.28. The van der Waals surface area contributed by atoms with E-state index in [0.717, 1.165) is 15.7 Å². The summed E-state index contributed by atoms with van der Waals surface area (Å²) in [7, 11) is 0. The zero-order valence-corrected chi connectivity index (χ0v) is 20.3. The van der Waals surface area contributed by atoms with Crippen LogP contribution in [0.25, 0.3) is 6.08 Å². The van der Waals surface area contributed by atoms with Crippen LogP contribution < -0.4 is 10.7 Å². The summed E-state index contributed by atoms with van der Waals surface area (Å²) in [6.45, 7) is 0. The molecular formula is C25H19BrCl2FN3O. The number of carbonyl (C=O) groups is 1. The van der Waals surface area contributed by atoms with Crippen LogP contribution in [-0.2, 0) is 4.79 Å². The van der Waals surface area contributed by atoms with Crippen LogP contribution in [0, 0.1) is 5.82 Å². The zero-order chi connectivity index (χ0) is 23.4. The molecule has 2 unspecified atom stereocenters. The Labute approximate surface area is 209 Å². The SMILES string of the molecule is O=C(C=Cc1ccc(F)cc1)NC(C1=NNC(c2ccc(Br)cc2)C1)c1ccc(Cl)cc1Cl. The fraction of sp³-hybridized carbons (Fsp3) is 0.120. The Morgan fingerprint density at radius 3 is 2.55 bits per heavy atom. The molecule has 3 aromatic carbocycles. The zero-order valence-electron chi connectivity index (χ0n) is 17.2. The van der Waals surface area contributed by atoms with Crippen molar-refractivity contribution >= 4 is 56.8 Å². The minimum Gasteiger partial charge on any atom is -0.340 e. The molecule has 33 heavy (non-hydrogen) atoms. The van der Waals surface area contributed by atoms with E-state index in [9.17, 15) is 9.18 Å². The van der Waals surface area contributed by atoms with Gasteiger partial charge in [0, 0.05) is 27.0 Å². The van der Waals surface area contributed by atoms with Gasteiger partial charge in [-0.25, -0.2) is 4.39 Å². The number of carbonyl (C=O) groups excluding carboxylic acids is 1. The Morgan fingerprint density at radius 1 is 1.12 bits per heavy atom. The van der Waals surface area contributed by atoms with E-state index in [0.29, 0.717) is 27.6 Å². The van der Waals surface area contributed by atoms with Crippen LogP contribution in [0.1, 0.15) is 35.2 Å². The van der Waals surface area contributed by atoms with Gasteiger partial charge in [-0.2, -0.15) is 5.10 Å². The summed E-state index contributed by atoms with van der Waals surface area (Å²) in [6.07, 6.45) is 3.61. The second-order valence-electron chi connectivity index (χ2n) is 7.53. The molecule has 1 aliphatic heterocycles. The van der Waals surface area contributed by atoms with Gasteiger partial charge in [0.15, 0.2) is 0 Å². The molecule has 0 spiro atoms. The monoisotopic (exact) mass is 545 g/mol. The van der Waals surface area contributed by atoms with Gasteiger partial charge in [-0.15, -0.1) is 0 Å². The highest BCUT2D eigenvalue weighted by Crippen LogP contribution is 2.32. The van der Waals surface area contributed by atoms with Crippen molar-refractivity contribution in [2.45, 2.75) is 18.5 Å². The van der Waals surface area contributed by atoms with Crippen molar-refractivity contribution in [1.29, 1.82) is 0 Å². The highest BCUT2D eigenvalue weighted by molar-refractivity contribution is 9.10. The predicted molar refractivity (Wildman–Crippen MR) is 135 cm³/mol. The van der Waals surface area contributed by atoms with Crippen LogP contribution in [0.3, 0.4) is 0 Å². The Balaban J connectivity index is 1.55. The van der Waals surface area contributed by atoms with Crippen LogP contribution >= 0.6 is 39.1 Å². The Bertz CT molecular complexity index is 1210. The van der Waals surface area contributed by atoms with E-state index >= 15 is 0 Å². The molecule has 1 amide bonds. The molecule has 3 aromatic rings. The smallest absolute Gasteiger partial charge is 0.244 e. The molecule has 0 saturated carbocycles. The van der Waals surface area contributed by atoms with E-state index < -0.39 is 6.04 Å². The molecule has 4 nitrogen and oxygen atoms in total. The van der Waals surface area contributed by atoms with Gasteiger partial charge in [0.05, 0.1) is 17.8 Å². The lowest BCUT2D eigenvalue weighted by Gasteiger charge is -2.20. The third-order valence-corrected chi connectivity index (χ3v) is 6.33. The van der Waals surface area contributed by atoms with Crippen LogP contribution in [0.4, 0.5) is 4.39 Å². The summed E-state index contributed by atoms with van der Waals surface area (Å²) in [6, 6.07) is 18.5. The molecular weight excluding hydrogens is 528 g/mol. The first-order valence-corrected chi connectivity index (χ1v) is 11.7. The number of amides is 1. The largest absolute Gasteiger partial charge is 0.340 e. The van der Waals surface area contributed by atoms with Crippen molar-refractivity contribution in [3.05, 3.63) is 110 Å². The maximum atomic E-state index is 13.1. The van der Waals surface area contributed by atoms with Gasteiger partial charge in [-0.05, 0) is 59.2 Å². The van der Waals surface area contributed by atoms with Crippen molar-refractivity contribution in [2.75, 3.05) is 0 Å². The number of nitrogens with zero attached hydrogens (tertiary/aromatic N) is 1. The molecule has 1 aliphatic rings. The van der Waals surface area contributed by atoms with E-state index in [1.165, 1.54) is 18.2 Å². The molecule has 0 saturated heterocycles. The van der Waals surface area contributed by atoms with E-state index in [-0.39, 0.29) is 17.8 Å². The first-order chi connectivity index (χ1) is 15.9. The molecule has 8 heteroatoms. The van der Waals surface area contributed by atoms with Crippen LogP contribution in [0.5, 0.6) is 0 Å². The number of hydrogen-bond donors (Lipinski definition) is 2. The molecule has 0 fully saturated rings. The number of hydrazone groups is 1. The predicted octanol–water partition coefficient (Wildman–Crippen LogP) is 6.86. The van der Waals surface area contributed by atoms with Crippen molar-refractivity contribution in [2.24, 2.45) is 5.10 Å². The number of rotatable bonds is 6. The summed E-state index contributed by atoms with van der Waals surface area (Å²) in [4.78, 5) is 12.8. The average molecular weight is 547 g/mol. The van der Waals surface area contributed by atoms with E-state index in [1.807, 2.05) is 24.3 Å². The molecule has 0 aromatic heterocycles. The van der Waals surface area contributed by atoms with Crippen molar-refractivity contribution in [3.63, 3.8) is 0 Å². The van der Waals surface area contributed by atoms with E-state index in [1.54, 1.807) is 36.4 Å². The second-order valence-corrected chi connectivity index (χ2v) is 9.29. The topological polar surface area (TPSA) is 53.5 Å². The fourth-order valence-corrected chi connectivity index (χ4v) is 4.33. The molecule has 0 radical (unpaired) electrons. The van der Waals surface area contributed by atoms with Crippen LogP contribution in [0.15, 0.2) is 82.4 Å². The molecule has 0 bridgehead atoms. The van der Waals surface area contributed by atoms with E-state index in [4.69, 9.17) is 23.2 Å². The fourth-order valence-electron chi connectivity index (χ4n) is 3.54. The summed E-state index contributed by atoms with van der Waals surface area (Å²) in [5, 5.41) is 8.45. The van der Waals surface area contributed by atoms with Crippen LogP contribution in [-0.4, -0.2) is 11.6 Å².